The van der Waals surface area contributed by atoms with E-state index in [2.05, 4.69) is 37.7 Å². The fourth-order valence-electron chi connectivity index (χ4n) is 2.10. The van der Waals surface area contributed by atoms with Crippen LogP contribution in [0.15, 0.2) is 49.3 Å². The van der Waals surface area contributed by atoms with Crippen LogP contribution in [0.4, 0.5) is 11.5 Å². The number of benzene rings is 1. The van der Waals surface area contributed by atoms with Crippen molar-refractivity contribution in [3.63, 3.8) is 0 Å². The van der Waals surface area contributed by atoms with Crippen LogP contribution in [0.3, 0.4) is 0 Å². The molecule has 112 valence electrons. The maximum absolute atomic E-state index is 6.03. The molecule has 0 unspecified atom stereocenters. The van der Waals surface area contributed by atoms with Crippen LogP contribution in [0.5, 0.6) is 0 Å². The molecule has 0 saturated carbocycles. The molecule has 0 aliphatic carbocycles. The van der Waals surface area contributed by atoms with Gasteiger partial charge >= 0.3 is 0 Å². The van der Waals surface area contributed by atoms with E-state index in [0.717, 1.165) is 11.3 Å². The lowest BCUT2D eigenvalue weighted by Crippen LogP contribution is -2.06. The van der Waals surface area contributed by atoms with Crippen LogP contribution < -0.4 is 10.6 Å². The van der Waals surface area contributed by atoms with Gasteiger partial charge in [0.2, 0.25) is 0 Å². The first-order chi connectivity index (χ1) is 10.8. The lowest BCUT2D eigenvalue weighted by molar-refractivity contribution is 1.04. The quantitative estimate of drug-likeness (QED) is 0.709. The van der Waals surface area contributed by atoms with Crippen molar-refractivity contribution in [2.45, 2.75) is 6.54 Å². The zero-order valence-electron chi connectivity index (χ0n) is 12.0. The summed E-state index contributed by atoms with van der Waals surface area (Å²) in [4.78, 5) is 12.2. The van der Waals surface area contributed by atoms with Gasteiger partial charge in [-0.3, -0.25) is 0 Å². The molecule has 2 N–H and O–H groups in total. The maximum Gasteiger partial charge on any atom is 0.157 e. The van der Waals surface area contributed by atoms with Crippen molar-refractivity contribution in [2.24, 2.45) is 0 Å². The third-order valence-electron chi connectivity index (χ3n) is 3.25. The number of nitrogens with one attached hydrogen (secondary N) is 2. The van der Waals surface area contributed by atoms with E-state index in [0.29, 0.717) is 23.2 Å². The molecular weight excluding hydrogens is 300 g/mol. The second kappa shape index (κ2) is 6.44. The first-order valence-corrected chi connectivity index (χ1v) is 7.15. The second-order valence-electron chi connectivity index (χ2n) is 4.63. The lowest BCUT2D eigenvalue weighted by Gasteiger charge is -2.11. The van der Waals surface area contributed by atoms with Crippen molar-refractivity contribution in [3.8, 4) is 5.69 Å². The molecular formula is C15H15ClN6. The molecule has 2 aromatic heterocycles. The molecule has 3 aromatic rings. The van der Waals surface area contributed by atoms with E-state index in [-0.39, 0.29) is 0 Å². The van der Waals surface area contributed by atoms with E-state index >= 15 is 0 Å². The molecule has 6 nitrogen and oxygen atoms in total. The van der Waals surface area contributed by atoms with Gasteiger partial charge < -0.3 is 15.2 Å². The molecule has 3 rings (SSSR count). The van der Waals surface area contributed by atoms with Gasteiger partial charge in [-0.25, -0.2) is 15.0 Å². The highest BCUT2D eigenvalue weighted by atomic mass is 35.5. The number of halogens is 1. The summed E-state index contributed by atoms with van der Waals surface area (Å²) in [6.07, 6.45) is 6.88. The standard InChI is InChI=1S/C15H15ClN6/c1-17-13-14(16)20-9-21-15(13)19-8-11-2-4-12(5-3-11)22-7-6-18-10-22/h2-7,9-10,17H,8H2,1H3,(H,19,20,21). The fraction of sp³-hybridized carbons (Fsp3) is 0.133. The highest BCUT2D eigenvalue weighted by Crippen LogP contribution is 2.25. The topological polar surface area (TPSA) is 67.7 Å². The van der Waals surface area contributed by atoms with Crippen molar-refractivity contribution >= 4 is 23.1 Å². The fourth-order valence-corrected chi connectivity index (χ4v) is 2.33. The minimum atomic E-state index is 0.399. The molecule has 7 heteroatoms. The number of nitrogens with zero attached hydrogens (tertiary/aromatic N) is 4. The van der Waals surface area contributed by atoms with Gasteiger partial charge in [-0.15, -0.1) is 0 Å². The van der Waals surface area contributed by atoms with Crippen molar-refractivity contribution in [1.82, 2.24) is 19.5 Å². The Kier molecular flexibility index (Phi) is 4.20. The Labute approximate surface area is 133 Å². The summed E-state index contributed by atoms with van der Waals surface area (Å²) >= 11 is 6.03. The minimum absolute atomic E-state index is 0.399. The van der Waals surface area contributed by atoms with Crippen LogP contribution >= 0.6 is 11.6 Å². The Morgan fingerprint density at radius 1 is 1.18 bits per heavy atom. The molecule has 0 aliphatic rings. The zero-order valence-corrected chi connectivity index (χ0v) is 12.7. The molecule has 0 fully saturated rings. The second-order valence-corrected chi connectivity index (χ2v) is 4.99. The van der Waals surface area contributed by atoms with Crippen molar-refractivity contribution in [3.05, 3.63) is 60.0 Å². The number of anilines is 2. The van der Waals surface area contributed by atoms with E-state index in [4.69, 9.17) is 11.6 Å². The smallest absolute Gasteiger partial charge is 0.157 e. The van der Waals surface area contributed by atoms with Crippen LogP contribution in [0.2, 0.25) is 5.15 Å². The van der Waals surface area contributed by atoms with E-state index in [1.165, 1.54) is 6.33 Å². The van der Waals surface area contributed by atoms with Gasteiger partial charge in [-0.2, -0.15) is 0 Å². The van der Waals surface area contributed by atoms with Gasteiger partial charge in [-0.1, -0.05) is 23.7 Å². The molecule has 2 heterocycles. The highest BCUT2D eigenvalue weighted by Gasteiger charge is 2.07. The average Bonchev–Trinajstić information content (AvgIpc) is 3.08. The van der Waals surface area contributed by atoms with Crippen LogP contribution in [0.25, 0.3) is 5.69 Å². The summed E-state index contributed by atoms with van der Waals surface area (Å²) in [7, 11) is 1.79. The molecule has 1 aromatic carbocycles. The van der Waals surface area contributed by atoms with Gasteiger partial charge in [0.15, 0.2) is 11.0 Å². The largest absolute Gasteiger partial charge is 0.383 e. The number of hydrogen-bond acceptors (Lipinski definition) is 5. The Morgan fingerprint density at radius 2 is 2.00 bits per heavy atom. The Morgan fingerprint density at radius 3 is 2.68 bits per heavy atom. The Balaban J connectivity index is 1.71. The summed E-state index contributed by atoms with van der Waals surface area (Å²) < 4.78 is 1.96. The minimum Gasteiger partial charge on any atom is -0.383 e. The molecule has 0 saturated heterocycles. The molecule has 22 heavy (non-hydrogen) atoms. The van der Waals surface area contributed by atoms with Gasteiger partial charge in [-0.05, 0) is 17.7 Å². The van der Waals surface area contributed by atoms with E-state index in [1.807, 2.05) is 22.9 Å². The van der Waals surface area contributed by atoms with Gasteiger partial charge in [0, 0.05) is 31.7 Å². The van der Waals surface area contributed by atoms with Crippen molar-refractivity contribution < 1.29 is 0 Å². The van der Waals surface area contributed by atoms with Crippen molar-refractivity contribution in [1.29, 1.82) is 0 Å². The van der Waals surface area contributed by atoms with E-state index in [9.17, 15) is 0 Å². The third kappa shape index (κ3) is 3.01. The molecule has 0 atom stereocenters. The Bertz CT molecular complexity index is 739. The number of hydrogen-bond donors (Lipinski definition) is 2. The van der Waals surface area contributed by atoms with E-state index < -0.39 is 0 Å². The van der Waals surface area contributed by atoms with Gasteiger partial charge in [0.1, 0.15) is 12.0 Å². The van der Waals surface area contributed by atoms with Gasteiger partial charge in [0.05, 0.1) is 6.33 Å². The average molecular weight is 315 g/mol. The Hall–Kier alpha value is -2.60. The van der Waals surface area contributed by atoms with Crippen molar-refractivity contribution in [2.75, 3.05) is 17.7 Å². The summed E-state index contributed by atoms with van der Waals surface area (Å²) in [5.74, 6) is 0.682. The van der Waals surface area contributed by atoms with Gasteiger partial charge in [0.25, 0.3) is 0 Å². The van der Waals surface area contributed by atoms with Crippen LogP contribution in [-0.2, 0) is 6.54 Å². The van der Waals surface area contributed by atoms with Crippen LogP contribution in [0.1, 0.15) is 5.56 Å². The first kappa shape index (κ1) is 14.3. The molecule has 0 aliphatic heterocycles. The SMILES string of the molecule is CNc1c(Cl)ncnc1NCc1ccc(-n2ccnc2)cc1. The van der Waals surface area contributed by atoms with Crippen LogP contribution in [-0.4, -0.2) is 26.6 Å². The molecule has 0 spiro atoms. The predicted molar refractivity (Wildman–Crippen MR) is 87.5 cm³/mol. The summed E-state index contributed by atoms with van der Waals surface area (Å²) in [6, 6.07) is 8.21. The monoisotopic (exact) mass is 314 g/mol. The molecule has 0 bridgehead atoms. The molecule has 0 radical (unpaired) electrons. The summed E-state index contributed by atoms with van der Waals surface area (Å²) in [5, 5.41) is 6.65. The number of aromatic nitrogens is 4. The summed E-state index contributed by atoms with van der Waals surface area (Å²) in [5.41, 5.74) is 2.90. The molecule has 0 amide bonds. The maximum atomic E-state index is 6.03. The predicted octanol–water partition coefficient (Wildman–Crippen LogP) is 2.97. The normalized spacial score (nSPS) is 10.5. The van der Waals surface area contributed by atoms with Crippen LogP contribution in [0, 0.1) is 0 Å². The third-order valence-corrected chi connectivity index (χ3v) is 3.54. The lowest BCUT2D eigenvalue weighted by atomic mass is 10.2. The van der Waals surface area contributed by atoms with E-state index in [1.54, 1.807) is 19.6 Å². The number of imidazole rings is 1. The number of rotatable bonds is 5. The first-order valence-electron chi connectivity index (χ1n) is 6.77. The summed E-state index contributed by atoms with van der Waals surface area (Å²) in [6.45, 7) is 0.645. The zero-order chi connectivity index (χ0) is 15.4. The highest BCUT2D eigenvalue weighted by molar-refractivity contribution is 6.32.